The van der Waals surface area contributed by atoms with E-state index in [1.54, 1.807) is 11.8 Å². The molecular formula is C18H23N7O. The van der Waals surface area contributed by atoms with Gasteiger partial charge in [-0.1, -0.05) is 0 Å². The van der Waals surface area contributed by atoms with Gasteiger partial charge in [-0.25, -0.2) is 4.98 Å². The Balaban J connectivity index is 1.40. The summed E-state index contributed by atoms with van der Waals surface area (Å²) < 4.78 is 9.26. The second-order valence-electron chi connectivity index (χ2n) is 6.80. The summed E-state index contributed by atoms with van der Waals surface area (Å²) in [6, 6.07) is 7.74. The molecule has 0 saturated heterocycles. The highest BCUT2D eigenvalue weighted by Gasteiger charge is 2.21. The van der Waals surface area contributed by atoms with E-state index in [1.807, 2.05) is 30.5 Å². The standard InChI is InChI=1S/C18H23N7O/c1-23(11-14-3-8-17-19-9-10-24(17)12-14)13-18-20-21-22-25(18)15-4-6-16(26-2)7-5-15/h4-7,9-10,14H,3,8,11-13H2,1-2H3. The van der Waals surface area contributed by atoms with Gasteiger partial charge in [-0.2, -0.15) is 4.68 Å². The Morgan fingerprint density at radius 1 is 1.27 bits per heavy atom. The summed E-state index contributed by atoms with van der Waals surface area (Å²) in [6.45, 7) is 2.74. The molecule has 1 aliphatic rings. The first-order chi connectivity index (χ1) is 12.7. The molecule has 0 spiro atoms. The number of hydrogen-bond donors (Lipinski definition) is 0. The number of imidazole rings is 1. The summed E-state index contributed by atoms with van der Waals surface area (Å²) in [4.78, 5) is 6.69. The molecule has 136 valence electrons. The lowest BCUT2D eigenvalue weighted by molar-refractivity contribution is 0.224. The minimum Gasteiger partial charge on any atom is -0.497 e. The Hall–Kier alpha value is -2.74. The van der Waals surface area contributed by atoms with E-state index in [0.29, 0.717) is 12.5 Å². The Morgan fingerprint density at radius 3 is 2.92 bits per heavy atom. The highest BCUT2D eigenvalue weighted by Crippen LogP contribution is 2.20. The number of methoxy groups -OCH3 is 1. The average molecular weight is 353 g/mol. The van der Waals surface area contributed by atoms with Gasteiger partial charge in [-0.3, -0.25) is 4.90 Å². The highest BCUT2D eigenvalue weighted by molar-refractivity contribution is 5.36. The maximum Gasteiger partial charge on any atom is 0.170 e. The zero-order valence-corrected chi connectivity index (χ0v) is 15.1. The largest absolute Gasteiger partial charge is 0.497 e. The maximum absolute atomic E-state index is 5.21. The molecular weight excluding hydrogens is 330 g/mol. The van der Waals surface area contributed by atoms with E-state index in [2.05, 4.69) is 43.2 Å². The van der Waals surface area contributed by atoms with Gasteiger partial charge >= 0.3 is 0 Å². The first-order valence-electron chi connectivity index (χ1n) is 8.83. The van der Waals surface area contributed by atoms with Crippen molar-refractivity contribution in [3.05, 3.63) is 48.3 Å². The molecule has 1 unspecified atom stereocenters. The normalized spacial score (nSPS) is 16.7. The first-order valence-corrected chi connectivity index (χ1v) is 8.83. The third kappa shape index (κ3) is 3.45. The molecule has 2 aromatic heterocycles. The van der Waals surface area contributed by atoms with Crippen LogP contribution < -0.4 is 4.74 Å². The number of aromatic nitrogens is 6. The second kappa shape index (κ2) is 7.25. The summed E-state index contributed by atoms with van der Waals surface area (Å²) in [5, 5.41) is 12.2. The number of nitrogens with zero attached hydrogens (tertiary/aromatic N) is 7. The molecule has 1 aliphatic heterocycles. The zero-order valence-electron chi connectivity index (χ0n) is 15.1. The van der Waals surface area contributed by atoms with E-state index in [1.165, 1.54) is 12.2 Å². The average Bonchev–Trinajstić information content (AvgIpc) is 3.30. The van der Waals surface area contributed by atoms with Crippen LogP contribution in [0.25, 0.3) is 5.69 Å². The minimum atomic E-state index is 0.618. The summed E-state index contributed by atoms with van der Waals surface area (Å²) in [7, 11) is 3.78. The molecule has 4 rings (SSSR count). The van der Waals surface area contributed by atoms with Crippen LogP contribution in [-0.2, 0) is 19.5 Å². The zero-order chi connectivity index (χ0) is 17.9. The fourth-order valence-corrected chi connectivity index (χ4v) is 3.56. The number of rotatable bonds is 6. The van der Waals surface area contributed by atoms with Crippen molar-refractivity contribution < 1.29 is 4.74 Å². The van der Waals surface area contributed by atoms with Crippen LogP contribution in [0.5, 0.6) is 5.75 Å². The number of ether oxygens (including phenoxy) is 1. The van der Waals surface area contributed by atoms with Crippen molar-refractivity contribution in [3.63, 3.8) is 0 Å². The van der Waals surface area contributed by atoms with Crippen molar-refractivity contribution in [1.29, 1.82) is 0 Å². The number of tetrazole rings is 1. The van der Waals surface area contributed by atoms with Crippen LogP contribution >= 0.6 is 0 Å². The van der Waals surface area contributed by atoms with Crippen molar-refractivity contribution in [2.45, 2.75) is 25.9 Å². The Kier molecular flexibility index (Phi) is 4.66. The van der Waals surface area contributed by atoms with Gasteiger partial charge < -0.3 is 9.30 Å². The third-order valence-corrected chi connectivity index (χ3v) is 4.87. The number of fused-ring (bicyclic) bond motifs is 1. The van der Waals surface area contributed by atoms with Crippen LogP contribution in [0.2, 0.25) is 0 Å². The predicted octanol–water partition coefficient (Wildman–Crippen LogP) is 1.56. The summed E-state index contributed by atoms with van der Waals surface area (Å²) >= 11 is 0. The highest BCUT2D eigenvalue weighted by atomic mass is 16.5. The summed E-state index contributed by atoms with van der Waals surface area (Å²) in [5.74, 6) is 3.47. The second-order valence-corrected chi connectivity index (χ2v) is 6.80. The number of hydrogen-bond acceptors (Lipinski definition) is 6. The molecule has 0 fully saturated rings. The Morgan fingerprint density at radius 2 is 2.12 bits per heavy atom. The molecule has 8 heteroatoms. The minimum absolute atomic E-state index is 0.618. The molecule has 8 nitrogen and oxygen atoms in total. The molecule has 3 heterocycles. The van der Waals surface area contributed by atoms with Crippen molar-refractivity contribution in [3.8, 4) is 11.4 Å². The Labute approximate surface area is 152 Å². The summed E-state index contributed by atoms with van der Waals surface area (Å²) in [6.07, 6.45) is 6.19. The van der Waals surface area contributed by atoms with Crippen LogP contribution in [0.15, 0.2) is 36.7 Å². The smallest absolute Gasteiger partial charge is 0.170 e. The molecule has 1 aromatic carbocycles. The van der Waals surface area contributed by atoms with Crippen molar-refractivity contribution >= 4 is 0 Å². The van der Waals surface area contributed by atoms with Gasteiger partial charge in [0.25, 0.3) is 0 Å². The lowest BCUT2D eigenvalue weighted by Crippen LogP contribution is -2.32. The van der Waals surface area contributed by atoms with Crippen LogP contribution in [0.1, 0.15) is 18.1 Å². The van der Waals surface area contributed by atoms with E-state index in [-0.39, 0.29) is 0 Å². The van der Waals surface area contributed by atoms with Gasteiger partial charge in [0.05, 0.1) is 19.3 Å². The molecule has 1 atom stereocenters. The van der Waals surface area contributed by atoms with Crippen LogP contribution in [0.4, 0.5) is 0 Å². The van der Waals surface area contributed by atoms with Crippen LogP contribution in [-0.4, -0.2) is 55.4 Å². The van der Waals surface area contributed by atoms with E-state index in [4.69, 9.17) is 4.74 Å². The molecule has 0 bridgehead atoms. The topological polar surface area (TPSA) is 73.9 Å². The Bertz CT molecular complexity index is 855. The van der Waals surface area contributed by atoms with Crippen molar-refractivity contribution in [1.82, 2.24) is 34.7 Å². The molecule has 26 heavy (non-hydrogen) atoms. The van der Waals surface area contributed by atoms with E-state index >= 15 is 0 Å². The fourth-order valence-electron chi connectivity index (χ4n) is 3.56. The SMILES string of the molecule is COc1ccc(-n2nnnc2CN(C)CC2CCc3nccn3C2)cc1. The maximum atomic E-state index is 5.21. The monoisotopic (exact) mass is 353 g/mol. The van der Waals surface area contributed by atoms with Gasteiger partial charge in [0.2, 0.25) is 0 Å². The van der Waals surface area contributed by atoms with E-state index in [0.717, 1.165) is 36.8 Å². The molecule has 0 amide bonds. The molecule has 0 saturated carbocycles. The van der Waals surface area contributed by atoms with Crippen molar-refractivity contribution in [2.24, 2.45) is 5.92 Å². The molecule has 0 N–H and O–H groups in total. The van der Waals surface area contributed by atoms with Gasteiger partial charge in [0, 0.05) is 31.9 Å². The van der Waals surface area contributed by atoms with Gasteiger partial charge in [-0.15, -0.1) is 5.10 Å². The molecule has 0 aliphatic carbocycles. The van der Waals surface area contributed by atoms with Gasteiger partial charge in [0.15, 0.2) is 5.82 Å². The number of benzene rings is 1. The van der Waals surface area contributed by atoms with E-state index in [9.17, 15) is 0 Å². The fraction of sp³-hybridized carbons (Fsp3) is 0.444. The number of aryl methyl sites for hydroxylation is 1. The van der Waals surface area contributed by atoms with Crippen molar-refractivity contribution in [2.75, 3.05) is 20.7 Å². The quantitative estimate of drug-likeness (QED) is 0.670. The lowest BCUT2D eigenvalue weighted by Gasteiger charge is -2.27. The van der Waals surface area contributed by atoms with E-state index < -0.39 is 0 Å². The summed E-state index contributed by atoms with van der Waals surface area (Å²) in [5.41, 5.74) is 0.930. The lowest BCUT2D eigenvalue weighted by atomic mass is 9.99. The third-order valence-electron chi connectivity index (χ3n) is 4.87. The van der Waals surface area contributed by atoms with Crippen LogP contribution in [0.3, 0.4) is 0 Å². The van der Waals surface area contributed by atoms with Gasteiger partial charge in [0.1, 0.15) is 11.6 Å². The van der Waals surface area contributed by atoms with Crippen LogP contribution in [0, 0.1) is 5.92 Å². The first kappa shape index (κ1) is 16.7. The molecule has 3 aromatic rings. The molecule has 0 radical (unpaired) electrons. The van der Waals surface area contributed by atoms with Gasteiger partial charge in [-0.05, 0) is 54.1 Å². The predicted molar refractivity (Wildman–Crippen MR) is 96.1 cm³/mol.